The Bertz CT molecular complexity index is 1460. The van der Waals surface area contributed by atoms with Crippen molar-refractivity contribution >= 4 is 17.4 Å². The number of hydrogen-bond donors (Lipinski definition) is 3. The van der Waals surface area contributed by atoms with Crippen LogP contribution in [0.3, 0.4) is 0 Å². The SMILES string of the molecule is Cc1cc(N)nc(C)c1CNC(=O)c1cc2n(c1)Cc1ccc(Cn3ccccc3=O)cc1NC2. The molecule has 1 aromatic carbocycles. The van der Waals surface area contributed by atoms with Crippen molar-refractivity contribution in [3.8, 4) is 0 Å². The van der Waals surface area contributed by atoms with E-state index in [-0.39, 0.29) is 11.5 Å². The third-order valence-corrected chi connectivity index (χ3v) is 6.47. The maximum absolute atomic E-state index is 12.9. The zero-order chi connectivity index (χ0) is 24.5. The topological polar surface area (TPSA) is 107 Å². The molecule has 0 atom stereocenters. The number of fused-ring (bicyclic) bond motifs is 2. The second-order valence-corrected chi connectivity index (χ2v) is 8.97. The van der Waals surface area contributed by atoms with Gasteiger partial charge in [0.25, 0.3) is 11.5 Å². The van der Waals surface area contributed by atoms with Gasteiger partial charge in [0.05, 0.1) is 18.7 Å². The summed E-state index contributed by atoms with van der Waals surface area (Å²) in [6.45, 7) is 6.07. The third-order valence-electron chi connectivity index (χ3n) is 6.47. The standard InChI is InChI=1S/C27H28N6O2/c1-17-9-25(28)31-18(2)23(17)13-30-27(35)21-11-22-12-29-24-10-19(6-7-20(24)15-33(22)16-21)14-32-8-4-3-5-26(32)34/h3-11,16,29H,12-15H2,1-2H3,(H2,28,31)(H,30,35). The molecule has 0 saturated heterocycles. The zero-order valence-corrected chi connectivity index (χ0v) is 19.8. The molecule has 0 saturated carbocycles. The van der Waals surface area contributed by atoms with Gasteiger partial charge in [-0.2, -0.15) is 0 Å². The van der Waals surface area contributed by atoms with Crippen molar-refractivity contribution in [1.82, 2.24) is 19.4 Å². The number of rotatable bonds is 5. The molecule has 0 bridgehead atoms. The van der Waals surface area contributed by atoms with Crippen LogP contribution in [0.5, 0.6) is 0 Å². The normalized spacial score (nSPS) is 12.3. The summed E-state index contributed by atoms with van der Waals surface area (Å²) >= 11 is 0. The lowest BCUT2D eigenvalue weighted by Crippen LogP contribution is -2.23. The highest BCUT2D eigenvalue weighted by Gasteiger charge is 2.18. The molecule has 8 heteroatoms. The van der Waals surface area contributed by atoms with Gasteiger partial charge < -0.3 is 25.5 Å². The second kappa shape index (κ2) is 9.13. The van der Waals surface area contributed by atoms with E-state index < -0.39 is 0 Å². The van der Waals surface area contributed by atoms with Crippen LogP contribution in [-0.4, -0.2) is 20.0 Å². The number of aromatic nitrogens is 3. The summed E-state index contributed by atoms with van der Waals surface area (Å²) in [5.74, 6) is 0.366. The van der Waals surface area contributed by atoms with Gasteiger partial charge in [0.15, 0.2) is 0 Å². The maximum Gasteiger partial charge on any atom is 0.253 e. The summed E-state index contributed by atoms with van der Waals surface area (Å²) in [6, 6.07) is 15.2. The molecule has 0 spiro atoms. The molecule has 0 unspecified atom stereocenters. The monoisotopic (exact) mass is 468 g/mol. The molecule has 5 rings (SSSR count). The molecule has 35 heavy (non-hydrogen) atoms. The second-order valence-electron chi connectivity index (χ2n) is 8.97. The van der Waals surface area contributed by atoms with Crippen LogP contribution in [0, 0.1) is 13.8 Å². The fourth-order valence-corrected chi connectivity index (χ4v) is 4.58. The van der Waals surface area contributed by atoms with E-state index in [1.54, 1.807) is 22.9 Å². The zero-order valence-electron chi connectivity index (χ0n) is 19.8. The number of benzene rings is 1. The minimum atomic E-state index is -0.120. The number of nitrogen functional groups attached to an aromatic ring is 1. The van der Waals surface area contributed by atoms with Gasteiger partial charge in [-0.3, -0.25) is 9.59 Å². The van der Waals surface area contributed by atoms with Crippen LogP contribution in [0.2, 0.25) is 0 Å². The molecule has 8 nitrogen and oxygen atoms in total. The largest absolute Gasteiger partial charge is 0.384 e. The number of amides is 1. The van der Waals surface area contributed by atoms with E-state index in [1.807, 2.05) is 44.3 Å². The predicted molar refractivity (Wildman–Crippen MR) is 136 cm³/mol. The first-order valence-electron chi connectivity index (χ1n) is 11.6. The van der Waals surface area contributed by atoms with E-state index in [0.717, 1.165) is 39.3 Å². The Hall–Kier alpha value is -4.33. The van der Waals surface area contributed by atoms with E-state index in [2.05, 4.69) is 32.3 Å². The van der Waals surface area contributed by atoms with E-state index >= 15 is 0 Å². The highest BCUT2D eigenvalue weighted by Crippen LogP contribution is 2.25. The highest BCUT2D eigenvalue weighted by atomic mass is 16.1. The van der Waals surface area contributed by atoms with Gasteiger partial charge in [-0.15, -0.1) is 0 Å². The molecule has 0 radical (unpaired) electrons. The Morgan fingerprint density at radius 1 is 1.17 bits per heavy atom. The van der Waals surface area contributed by atoms with Crippen LogP contribution in [0.25, 0.3) is 0 Å². The average molecular weight is 469 g/mol. The van der Waals surface area contributed by atoms with Gasteiger partial charge in [-0.1, -0.05) is 18.2 Å². The van der Waals surface area contributed by atoms with Crippen molar-refractivity contribution < 1.29 is 4.79 Å². The van der Waals surface area contributed by atoms with Crippen LogP contribution in [0.1, 0.15) is 44.0 Å². The molecule has 1 aliphatic rings. The quantitative estimate of drug-likeness (QED) is 0.417. The molecular formula is C27H28N6O2. The van der Waals surface area contributed by atoms with Crippen LogP contribution in [0.4, 0.5) is 11.5 Å². The predicted octanol–water partition coefficient (Wildman–Crippen LogP) is 3.20. The number of nitrogens with two attached hydrogens (primary N) is 1. The number of pyridine rings is 2. The van der Waals surface area contributed by atoms with Gasteiger partial charge in [-0.05, 0) is 60.4 Å². The summed E-state index contributed by atoms with van der Waals surface area (Å²) in [5, 5.41) is 6.51. The molecule has 0 aliphatic carbocycles. The number of carbonyl (C=O) groups is 1. The van der Waals surface area contributed by atoms with Crippen molar-refractivity contribution in [2.24, 2.45) is 0 Å². The third kappa shape index (κ3) is 4.68. The van der Waals surface area contributed by atoms with E-state index in [9.17, 15) is 9.59 Å². The first kappa shape index (κ1) is 22.5. The molecule has 4 heterocycles. The lowest BCUT2D eigenvalue weighted by atomic mass is 10.1. The van der Waals surface area contributed by atoms with E-state index in [0.29, 0.717) is 37.6 Å². The number of hydrogen-bond acceptors (Lipinski definition) is 5. The molecule has 3 aromatic heterocycles. The average Bonchev–Trinajstić information content (AvgIpc) is 3.14. The number of nitrogens with one attached hydrogen (secondary N) is 2. The Morgan fingerprint density at radius 2 is 2.03 bits per heavy atom. The summed E-state index contributed by atoms with van der Waals surface area (Å²) in [7, 11) is 0. The van der Waals surface area contributed by atoms with Crippen LogP contribution >= 0.6 is 0 Å². The van der Waals surface area contributed by atoms with Gasteiger partial charge >= 0.3 is 0 Å². The fraction of sp³-hybridized carbons (Fsp3) is 0.222. The van der Waals surface area contributed by atoms with Crippen molar-refractivity contribution in [3.63, 3.8) is 0 Å². The first-order chi connectivity index (χ1) is 16.9. The highest BCUT2D eigenvalue weighted by molar-refractivity contribution is 5.94. The fourth-order valence-electron chi connectivity index (χ4n) is 4.58. The Morgan fingerprint density at radius 3 is 2.83 bits per heavy atom. The van der Waals surface area contributed by atoms with Crippen molar-refractivity contribution in [2.75, 3.05) is 11.1 Å². The van der Waals surface area contributed by atoms with Crippen molar-refractivity contribution in [3.05, 3.63) is 110 Å². The first-order valence-corrected chi connectivity index (χ1v) is 11.6. The smallest absolute Gasteiger partial charge is 0.253 e. The van der Waals surface area contributed by atoms with Gasteiger partial charge in [0, 0.05) is 48.6 Å². The Balaban J connectivity index is 1.29. The van der Waals surface area contributed by atoms with Crippen molar-refractivity contribution in [2.45, 2.75) is 40.0 Å². The summed E-state index contributed by atoms with van der Waals surface area (Å²) < 4.78 is 3.80. The lowest BCUT2D eigenvalue weighted by molar-refractivity contribution is 0.0950. The lowest BCUT2D eigenvalue weighted by Gasteiger charge is -2.12. The van der Waals surface area contributed by atoms with Gasteiger partial charge in [0.1, 0.15) is 5.82 Å². The minimum absolute atomic E-state index is 0.0184. The van der Waals surface area contributed by atoms with Crippen LogP contribution in [0.15, 0.2) is 65.7 Å². The summed E-state index contributed by atoms with van der Waals surface area (Å²) in [4.78, 5) is 29.2. The Labute approximate surface area is 203 Å². The van der Waals surface area contributed by atoms with E-state index in [1.165, 1.54) is 0 Å². The molecular weight excluding hydrogens is 440 g/mol. The van der Waals surface area contributed by atoms with Gasteiger partial charge in [-0.25, -0.2) is 4.98 Å². The molecule has 4 aromatic rings. The number of aryl methyl sites for hydroxylation is 2. The molecule has 0 fully saturated rings. The maximum atomic E-state index is 12.9. The van der Waals surface area contributed by atoms with Crippen molar-refractivity contribution in [1.29, 1.82) is 0 Å². The summed E-state index contributed by atoms with van der Waals surface area (Å²) in [6.07, 6.45) is 3.70. The number of nitrogens with zero attached hydrogens (tertiary/aromatic N) is 3. The molecule has 1 aliphatic heterocycles. The number of carbonyl (C=O) groups excluding carboxylic acids is 1. The van der Waals surface area contributed by atoms with Crippen LogP contribution in [-0.2, 0) is 26.2 Å². The summed E-state index contributed by atoms with van der Waals surface area (Å²) in [5.41, 5.74) is 13.5. The molecule has 1 amide bonds. The van der Waals surface area contributed by atoms with E-state index in [4.69, 9.17) is 5.73 Å². The number of anilines is 2. The Kier molecular flexibility index (Phi) is 5.86. The molecule has 4 N–H and O–H groups in total. The van der Waals surface area contributed by atoms with Gasteiger partial charge in [0.2, 0.25) is 0 Å². The minimum Gasteiger partial charge on any atom is -0.384 e. The molecule has 178 valence electrons. The van der Waals surface area contributed by atoms with Crippen LogP contribution < -0.4 is 21.9 Å².